The molecule has 1 aromatic carbocycles. The van der Waals surface area contributed by atoms with Crippen molar-refractivity contribution in [1.82, 2.24) is 20.1 Å². The molecule has 0 saturated heterocycles. The summed E-state index contributed by atoms with van der Waals surface area (Å²) in [6.07, 6.45) is 1.67. The number of benzene rings is 1. The number of fused-ring (bicyclic) bond motifs is 1. The van der Waals surface area contributed by atoms with Gasteiger partial charge in [-0.3, -0.25) is 0 Å². The Morgan fingerprint density at radius 3 is 3.00 bits per heavy atom. The number of nitrogens with one attached hydrogen (secondary N) is 1. The minimum Gasteiger partial charge on any atom is -0.362 e. The second-order valence-corrected chi connectivity index (χ2v) is 5.98. The molecule has 1 aliphatic heterocycles. The Bertz CT molecular complexity index is 590. The first kappa shape index (κ1) is 14.1. The summed E-state index contributed by atoms with van der Waals surface area (Å²) in [5.74, 6) is 1.61. The highest BCUT2D eigenvalue weighted by Crippen LogP contribution is 2.23. The smallest absolute Gasteiger partial charge is 0.146 e. The maximum Gasteiger partial charge on any atom is 0.146 e. The fourth-order valence-electron chi connectivity index (χ4n) is 2.77. The van der Waals surface area contributed by atoms with Crippen LogP contribution < -0.4 is 10.2 Å². The van der Waals surface area contributed by atoms with Gasteiger partial charge in [-0.15, -0.1) is 0 Å². The number of rotatable bonds is 4. The van der Waals surface area contributed by atoms with Gasteiger partial charge in [-0.25, -0.2) is 9.67 Å². The molecule has 0 amide bonds. The number of para-hydroxylation sites is 1. The number of hydrogen-bond donors (Lipinski definition) is 1. The third-order valence-corrected chi connectivity index (χ3v) is 3.77. The summed E-state index contributed by atoms with van der Waals surface area (Å²) in [4.78, 5) is 6.86. The van der Waals surface area contributed by atoms with Gasteiger partial charge in [0.1, 0.15) is 12.2 Å². The molecule has 5 heteroatoms. The highest BCUT2D eigenvalue weighted by molar-refractivity contribution is 5.54. The van der Waals surface area contributed by atoms with E-state index in [0.29, 0.717) is 5.92 Å². The lowest BCUT2D eigenvalue weighted by molar-refractivity contribution is 0.463. The van der Waals surface area contributed by atoms with Gasteiger partial charge in [-0.2, -0.15) is 5.10 Å². The van der Waals surface area contributed by atoms with Crippen molar-refractivity contribution in [2.45, 2.75) is 33.5 Å². The van der Waals surface area contributed by atoms with Crippen LogP contribution in [0.1, 0.15) is 25.2 Å². The molecule has 0 saturated carbocycles. The van der Waals surface area contributed by atoms with Gasteiger partial charge < -0.3 is 10.2 Å². The molecule has 2 heterocycles. The number of anilines is 1. The molecule has 21 heavy (non-hydrogen) atoms. The summed E-state index contributed by atoms with van der Waals surface area (Å²) in [6.45, 7) is 9.06. The van der Waals surface area contributed by atoms with E-state index in [1.807, 2.05) is 4.68 Å². The molecule has 0 radical (unpaired) electrons. The predicted octanol–water partition coefficient (Wildman–Crippen LogP) is 2.04. The van der Waals surface area contributed by atoms with Crippen LogP contribution in [-0.2, 0) is 19.6 Å². The van der Waals surface area contributed by atoms with Crippen molar-refractivity contribution >= 4 is 5.69 Å². The molecule has 1 aliphatic rings. The minimum atomic E-state index is 0.573. The molecule has 0 fully saturated rings. The van der Waals surface area contributed by atoms with E-state index in [0.717, 1.165) is 38.5 Å². The van der Waals surface area contributed by atoms with Crippen LogP contribution in [0, 0.1) is 5.92 Å². The molecule has 0 atom stereocenters. The highest BCUT2D eigenvalue weighted by Gasteiger charge is 2.17. The van der Waals surface area contributed by atoms with Gasteiger partial charge in [0, 0.05) is 31.9 Å². The van der Waals surface area contributed by atoms with E-state index in [1.165, 1.54) is 11.3 Å². The Morgan fingerprint density at radius 1 is 1.29 bits per heavy atom. The molecule has 5 nitrogen and oxygen atoms in total. The highest BCUT2D eigenvalue weighted by atomic mass is 15.3. The first-order valence-corrected chi connectivity index (χ1v) is 7.64. The summed E-state index contributed by atoms with van der Waals surface area (Å²) in [5, 5.41) is 7.84. The molecule has 0 unspecified atom stereocenters. The lowest BCUT2D eigenvalue weighted by atomic mass is 10.1. The quantitative estimate of drug-likeness (QED) is 0.934. The Hall–Kier alpha value is -1.88. The van der Waals surface area contributed by atoms with Crippen LogP contribution in [-0.4, -0.2) is 27.9 Å². The van der Waals surface area contributed by atoms with Crippen LogP contribution in [0.4, 0.5) is 5.69 Å². The van der Waals surface area contributed by atoms with Crippen LogP contribution in [0.3, 0.4) is 0 Å². The van der Waals surface area contributed by atoms with Crippen molar-refractivity contribution in [1.29, 1.82) is 0 Å². The maximum atomic E-state index is 4.46. The summed E-state index contributed by atoms with van der Waals surface area (Å²) in [5.41, 5.74) is 2.66. The zero-order chi connectivity index (χ0) is 14.7. The second kappa shape index (κ2) is 6.26. The van der Waals surface area contributed by atoms with Crippen molar-refractivity contribution in [3.63, 3.8) is 0 Å². The number of nitrogens with zero attached hydrogens (tertiary/aromatic N) is 4. The Labute approximate surface area is 126 Å². The van der Waals surface area contributed by atoms with E-state index in [4.69, 9.17) is 0 Å². The van der Waals surface area contributed by atoms with Gasteiger partial charge in [0.25, 0.3) is 0 Å². The molecule has 1 N–H and O–H groups in total. The van der Waals surface area contributed by atoms with Gasteiger partial charge in [0.15, 0.2) is 0 Å². The van der Waals surface area contributed by atoms with Crippen LogP contribution in [0.5, 0.6) is 0 Å². The van der Waals surface area contributed by atoms with Crippen molar-refractivity contribution in [2.24, 2.45) is 5.92 Å². The van der Waals surface area contributed by atoms with E-state index in [-0.39, 0.29) is 0 Å². The van der Waals surface area contributed by atoms with Crippen molar-refractivity contribution in [3.05, 3.63) is 42.0 Å². The average molecular weight is 285 g/mol. The Morgan fingerprint density at radius 2 is 2.14 bits per heavy atom. The van der Waals surface area contributed by atoms with E-state index < -0.39 is 0 Å². The first-order chi connectivity index (χ1) is 10.2. The minimum absolute atomic E-state index is 0.573. The zero-order valence-corrected chi connectivity index (χ0v) is 12.8. The molecular formula is C16H23N5. The van der Waals surface area contributed by atoms with E-state index in [2.05, 4.69) is 58.4 Å². The second-order valence-electron chi connectivity index (χ2n) is 5.98. The van der Waals surface area contributed by atoms with Gasteiger partial charge in [-0.05, 0) is 17.5 Å². The van der Waals surface area contributed by atoms with Gasteiger partial charge >= 0.3 is 0 Å². The molecule has 2 aromatic rings. The van der Waals surface area contributed by atoms with Gasteiger partial charge in [-0.1, -0.05) is 32.0 Å². The van der Waals surface area contributed by atoms with Crippen molar-refractivity contribution in [2.75, 3.05) is 18.0 Å². The van der Waals surface area contributed by atoms with Crippen LogP contribution in [0.15, 0.2) is 30.6 Å². The SMILES string of the molecule is CC(C)Cn1ncnc1CN1CCNCc2ccccc21. The summed E-state index contributed by atoms with van der Waals surface area (Å²) >= 11 is 0. The lowest BCUT2D eigenvalue weighted by Gasteiger charge is -2.24. The zero-order valence-electron chi connectivity index (χ0n) is 12.8. The van der Waals surface area contributed by atoms with Gasteiger partial charge in [0.2, 0.25) is 0 Å². The van der Waals surface area contributed by atoms with Crippen LogP contribution in [0.25, 0.3) is 0 Å². The fraction of sp³-hybridized carbons (Fsp3) is 0.500. The molecule has 112 valence electrons. The van der Waals surface area contributed by atoms with E-state index in [9.17, 15) is 0 Å². The lowest BCUT2D eigenvalue weighted by Crippen LogP contribution is -2.30. The summed E-state index contributed by atoms with van der Waals surface area (Å²) < 4.78 is 2.03. The molecular weight excluding hydrogens is 262 g/mol. The Kier molecular flexibility index (Phi) is 4.20. The third kappa shape index (κ3) is 3.24. The third-order valence-electron chi connectivity index (χ3n) is 3.77. The largest absolute Gasteiger partial charge is 0.362 e. The normalized spacial score (nSPS) is 15.1. The van der Waals surface area contributed by atoms with E-state index in [1.54, 1.807) is 6.33 Å². The molecule has 0 bridgehead atoms. The monoisotopic (exact) mass is 285 g/mol. The fourth-order valence-corrected chi connectivity index (χ4v) is 2.77. The number of hydrogen-bond acceptors (Lipinski definition) is 4. The average Bonchev–Trinajstić information content (AvgIpc) is 2.78. The predicted molar refractivity (Wildman–Crippen MR) is 84.1 cm³/mol. The maximum absolute atomic E-state index is 4.46. The summed E-state index contributed by atoms with van der Waals surface area (Å²) in [7, 11) is 0. The molecule has 1 aromatic heterocycles. The van der Waals surface area contributed by atoms with E-state index >= 15 is 0 Å². The van der Waals surface area contributed by atoms with Crippen molar-refractivity contribution < 1.29 is 0 Å². The van der Waals surface area contributed by atoms with Crippen LogP contribution >= 0.6 is 0 Å². The Balaban J connectivity index is 1.83. The molecule has 0 spiro atoms. The first-order valence-electron chi connectivity index (χ1n) is 7.64. The summed E-state index contributed by atoms with van der Waals surface area (Å²) in [6, 6.07) is 8.60. The van der Waals surface area contributed by atoms with Gasteiger partial charge in [0.05, 0.1) is 6.54 Å². The van der Waals surface area contributed by atoms with Crippen molar-refractivity contribution in [3.8, 4) is 0 Å². The van der Waals surface area contributed by atoms with Crippen LogP contribution in [0.2, 0.25) is 0 Å². The molecule has 0 aliphatic carbocycles. The standard InChI is InChI=1S/C16H23N5/c1-13(2)10-21-16(18-12-19-21)11-20-8-7-17-9-14-5-3-4-6-15(14)20/h3-6,12-13,17H,7-11H2,1-2H3. The number of aromatic nitrogens is 3. The topological polar surface area (TPSA) is 46.0 Å². The molecule has 3 rings (SSSR count).